The third kappa shape index (κ3) is 3.40. The van der Waals surface area contributed by atoms with Crippen LogP contribution in [0.1, 0.15) is 12.0 Å². The summed E-state index contributed by atoms with van der Waals surface area (Å²) in [4.78, 5) is 5.48. The minimum absolute atomic E-state index is 0.242. The fraction of sp³-hybridized carbons (Fsp3) is 0.250. The number of rotatable bonds is 4. The first-order valence-corrected chi connectivity index (χ1v) is 9.66. The van der Waals surface area contributed by atoms with Crippen molar-refractivity contribution in [1.29, 1.82) is 5.41 Å². The summed E-state index contributed by atoms with van der Waals surface area (Å²) in [5.74, 6) is 0.534. The molecule has 0 radical (unpaired) electrons. The minimum Gasteiger partial charge on any atom is -0.361 e. The van der Waals surface area contributed by atoms with Crippen molar-refractivity contribution in [2.45, 2.75) is 12.5 Å². The van der Waals surface area contributed by atoms with E-state index in [9.17, 15) is 4.39 Å². The minimum atomic E-state index is -0.242. The number of fused-ring (bicyclic) bond motifs is 1. The van der Waals surface area contributed by atoms with Gasteiger partial charge in [0.05, 0.1) is 10.9 Å². The lowest BCUT2D eigenvalue weighted by Gasteiger charge is -2.14. The van der Waals surface area contributed by atoms with Gasteiger partial charge in [-0.3, -0.25) is 10.3 Å². The number of nitrogens with one attached hydrogen (secondary N) is 2. The van der Waals surface area contributed by atoms with Crippen molar-refractivity contribution in [3.05, 3.63) is 60.0 Å². The Kier molecular flexibility index (Phi) is 4.80. The van der Waals surface area contributed by atoms with Crippen LogP contribution in [0.5, 0.6) is 0 Å². The number of hydrogen-bond donors (Lipinski definition) is 3. The van der Waals surface area contributed by atoms with Gasteiger partial charge < -0.3 is 10.7 Å². The van der Waals surface area contributed by atoms with Crippen molar-refractivity contribution in [2.75, 3.05) is 19.0 Å². The van der Waals surface area contributed by atoms with Gasteiger partial charge in [0.1, 0.15) is 5.82 Å². The molecule has 4 N–H and O–H groups in total. The maximum atomic E-state index is 14.2. The number of H-pyrrole nitrogens is 1. The van der Waals surface area contributed by atoms with E-state index >= 15 is 0 Å². The smallest absolute Gasteiger partial charge is 0.131 e. The molecule has 26 heavy (non-hydrogen) atoms. The molecule has 1 saturated heterocycles. The van der Waals surface area contributed by atoms with Crippen LogP contribution >= 0.6 is 11.8 Å². The normalized spacial score (nSPS) is 17.8. The van der Waals surface area contributed by atoms with Gasteiger partial charge in [-0.2, -0.15) is 0 Å². The standard InChI is InChI=1S/C20H21FN4S/c21-18-4-2-1-3-15(18)17-10-24-19-6-5-13(9-16(17)19)20(23)26-12-25-8-7-14(22)11-25/h1-6,9-10,14,23-24H,7-8,11-12,22H2. The first kappa shape index (κ1) is 17.3. The predicted octanol–water partition coefficient (Wildman–Crippen LogP) is 4.02. The molecule has 2 heterocycles. The SMILES string of the molecule is N=C(SCN1CCC(N)C1)c1ccc2[nH]cc(-c3ccccc3F)c2c1. The van der Waals surface area contributed by atoms with Gasteiger partial charge in [0.2, 0.25) is 0 Å². The molecular weight excluding hydrogens is 347 g/mol. The number of nitrogens with two attached hydrogens (primary N) is 1. The highest BCUT2D eigenvalue weighted by Crippen LogP contribution is 2.31. The van der Waals surface area contributed by atoms with Gasteiger partial charge in [-0.1, -0.05) is 36.0 Å². The lowest BCUT2D eigenvalue weighted by atomic mass is 10.0. The first-order valence-electron chi connectivity index (χ1n) is 8.67. The van der Waals surface area contributed by atoms with Crippen LogP contribution in [0.15, 0.2) is 48.7 Å². The van der Waals surface area contributed by atoms with Crippen molar-refractivity contribution >= 4 is 27.7 Å². The van der Waals surface area contributed by atoms with Crippen LogP contribution in [0.4, 0.5) is 4.39 Å². The second-order valence-electron chi connectivity index (χ2n) is 6.67. The van der Waals surface area contributed by atoms with Gasteiger partial charge in [-0.05, 0) is 24.6 Å². The van der Waals surface area contributed by atoms with Crippen molar-refractivity contribution in [1.82, 2.24) is 9.88 Å². The Hall–Kier alpha value is -2.15. The Morgan fingerprint density at radius 3 is 2.88 bits per heavy atom. The number of likely N-dealkylation sites (tertiary alicyclic amines) is 1. The van der Waals surface area contributed by atoms with Gasteiger partial charge in [0.25, 0.3) is 0 Å². The van der Waals surface area contributed by atoms with Crippen molar-refractivity contribution < 1.29 is 4.39 Å². The quantitative estimate of drug-likeness (QED) is 0.481. The summed E-state index contributed by atoms with van der Waals surface area (Å²) in [5.41, 5.74) is 9.12. The lowest BCUT2D eigenvalue weighted by Crippen LogP contribution is -2.26. The molecule has 1 aliphatic rings. The monoisotopic (exact) mass is 368 g/mol. The molecule has 1 unspecified atom stereocenters. The Balaban J connectivity index is 1.58. The fourth-order valence-corrected chi connectivity index (χ4v) is 4.22. The summed E-state index contributed by atoms with van der Waals surface area (Å²) in [7, 11) is 0. The average Bonchev–Trinajstić information content (AvgIpc) is 3.25. The van der Waals surface area contributed by atoms with Gasteiger partial charge >= 0.3 is 0 Å². The zero-order chi connectivity index (χ0) is 18.1. The van der Waals surface area contributed by atoms with Crippen LogP contribution in [-0.4, -0.2) is 39.9 Å². The van der Waals surface area contributed by atoms with Crippen LogP contribution in [0, 0.1) is 11.2 Å². The van der Waals surface area contributed by atoms with Crippen LogP contribution in [0.3, 0.4) is 0 Å². The lowest BCUT2D eigenvalue weighted by molar-refractivity contribution is 0.396. The molecule has 1 fully saturated rings. The van der Waals surface area contributed by atoms with Crippen molar-refractivity contribution in [3.8, 4) is 11.1 Å². The average molecular weight is 368 g/mol. The van der Waals surface area contributed by atoms with Crippen LogP contribution in [0.2, 0.25) is 0 Å². The molecule has 0 bridgehead atoms. The molecule has 0 amide bonds. The largest absolute Gasteiger partial charge is 0.361 e. The molecular formula is C20H21FN4S. The molecule has 0 spiro atoms. The van der Waals surface area contributed by atoms with Crippen molar-refractivity contribution in [2.24, 2.45) is 5.73 Å². The van der Waals surface area contributed by atoms with Gasteiger partial charge in [-0.15, -0.1) is 0 Å². The van der Waals surface area contributed by atoms with Crippen LogP contribution < -0.4 is 5.73 Å². The van der Waals surface area contributed by atoms with E-state index in [4.69, 9.17) is 11.1 Å². The fourth-order valence-electron chi connectivity index (χ4n) is 3.38. The zero-order valence-corrected chi connectivity index (χ0v) is 15.2. The Labute approximate surface area is 156 Å². The summed E-state index contributed by atoms with van der Waals surface area (Å²) in [6.07, 6.45) is 2.85. The Morgan fingerprint density at radius 2 is 2.12 bits per heavy atom. The highest BCUT2D eigenvalue weighted by Gasteiger charge is 2.19. The molecule has 2 aromatic carbocycles. The summed E-state index contributed by atoms with van der Waals surface area (Å²) < 4.78 is 14.2. The molecule has 134 valence electrons. The van der Waals surface area contributed by atoms with E-state index in [0.29, 0.717) is 10.6 Å². The topological polar surface area (TPSA) is 68.9 Å². The van der Waals surface area contributed by atoms with Crippen LogP contribution in [0.25, 0.3) is 22.0 Å². The van der Waals surface area contributed by atoms with Crippen LogP contribution in [-0.2, 0) is 0 Å². The Bertz CT molecular complexity index is 952. The number of benzene rings is 2. The molecule has 4 nitrogen and oxygen atoms in total. The van der Waals surface area contributed by atoms with E-state index in [1.807, 2.05) is 30.5 Å². The summed E-state index contributed by atoms with van der Waals surface area (Å²) in [6.45, 7) is 1.89. The highest BCUT2D eigenvalue weighted by molar-refractivity contribution is 8.14. The maximum Gasteiger partial charge on any atom is 0.131 e. The predicted molar refractivity (Wildman–Crippen MR) is 107 cm³/mol. The molecule has 0 aliphatic carbocycles. The maximum absolute atomic E-state index is 14.2. The number of hydrogen-bond acceptors (Lipinski definition) is 4. The third-order valence-corrected chi connectivity index (χ3v) is 5.83. The summed E-state index contributed by atoms with van der Waals surface area (Å²) in [5, 5.41) is 9.86. The summed E-state index contributed by atoms with van der Waals surface area (Å²) in [6, 6.07) is 12.9. The van der Waals surface area contributed by atoms with E-state index in [1.54, 1.807) is 12.1 Å². The van der Waals surface area contributed by atoms with E-state index in [0.717, 1.165) is 47.4 Å². The number of halogens is 1. The van der Waals surface area contributed by atoms with E-state index in [-0.39, 0.29) is 11.9 Å². The second kappa shape index (κ2) is 7.23. The third-order valence-electron chi connectivity index (χ3n) is 4.81. The number of thioether (sulfide) groups is 1. The van der Waals surface area contributed by atoms with Crippen molar-refractivity contribution in [3.63, 3.8) is 0 Å². The molecule has 6 heteroatoms. The number of aromatic nitrogens is 1. The van der Waals surface area contributed by atoms with Gasteiger partial charge in [-0.25, -0.2) is 4.39 Å². The molecule has 0 saturated carbocycles. The van der Waals surface area contributed by atoms with E-state index < -0.39 is 0 Å². The van der Waals surface area contributed by atoms with E-state index in [2.05, 4.69) is 9.88 Å². The molecule has 1 atom stereocenters. The highest BCUT2D eigenvalue weighted by atomic mass is 32.2. The molecule has 4 rings (SSSR count). The first-order chi connectivity index (χ1) is 12.6. The van der Waals surface area contributed by atoms with Gasteiger partial charge in [0.15, 0.2) is 0 Å². The second-order valence-corrected chi connectivity index (χ2v) is 7.63. The zero-order valence-electron chi connectivity index (χ0n) is 14.3. The van der Waals surface area contributed by atoms with E-state index in [1.165, 1.54) is 17.8 Å². The molecule has 1 aromatic heterocycles. The number of aromatic amines is 1. The van der Waals surface area contributed by atoms with Gasteiger partial charge in [0, 0.05) is 52.9 Å². The molecule has 1 aliphatic heterocycles. The molecule has 3 aromatic rings. The summed E-state index contributed by atoms with van der Waals surface area (Å²) >= 11 is 1.51. The number of nitrogens with zero attached hydrogens (tertiary/aromatic N) is 1. The Morgan fingerprint density at radius 1 is 1.27 bits per heavy atom.